The summed E-state index contributed by atoms with van der Waals surface area (Å²) < 4.78 is 19.3. The number of aryl methyl sites for hydroxylation is 1. The van der Waals surface area contributed by atoms with Crippen LogP contribution in [0.2, 0.25) is 5.02 Å². The first-order valence-electron chi connectivity index (χ1n) is 5.76. The number of rotatable bonds is 3. The number of hydrogen-bond acceptors (Lipinski definition) is 1. The molecule has 0 aliphatic rings. The molecule has 1 atom stereocenters. The Bertz CT molecular complexity index is 601. The Balaban J connectivity index is 2.49. The molecular weight excluding hydrogens is 331 g/mol. The molecular formula is C15H13BrClFO. The van der Waals surface area contributed by atoms with Gasteiger partial charge in [-0.3, -0.25) is 0 Å². The van der Waals surface area contributed by atoms with E-state index in [1.54, 1.807) is 31.4 Å². The predicted octanol–water partition coefficient (Wildman–Crippen LogP) is 5.28. The molecule has 0 radical (unpaired) electrons. The van der Waals surface area contributed by atoms with Gasteiger partial charge in [0.25, 0.3) is 0 Å². The van der Waals surface area contributed by atoms with Gasteiger partial charge in [-0.1, -0.05) is 39.7 Å². The van der Waals surface area contributed by atoms with Crippen LogP contribution in [0.15, 0.2) is 36.4 Å². The summed E-state index contributed by atoms with van der Waals surface area (Å²) in [4.78, 5) is -0.304. The highest BCUT2D eigenvalue weighted by Gasteiger charge is 2.19. The maximum Gasteiger partial charge on any atom is 0.128 e. The summed E-state index contributed by atoms with van der Waals surface area (Å²) in [5, 5.41) is 0.591. The smallest absolute Gasteiger partial charge is 0.128 e. The van der Waals surface area contributed by atoms with Crippen LogP contribution in [0, 0.1) is 12.7 Å². The maximum atomic E-state index is 14.0. The van der Waals surface area contributed by atoms with Crippen LogP contribution >= 0.6 is 27.5 Å². The van der Waals surface area contributed by atoms with Gasteiger partial charge in [0, 0.05) is 16.1 Å². The molecule has 0 fully saturated rings. The van der Waals surface area contributed by atoms with Gasteiger partial charge in [0.15, 0.2) is 0 Å². The average Bonchev–Trinajstić information content (AvgIpc) is 2.38. The largest absolute Gasteiger partial charge is 0.496 e. The molecule has 0 N–H and O–H groups in total. The van der Waals surface area contributed by atoms with Crippen molar-refractivity contribution in [3.8, 4) is 5.75 Å². The third-order valence-corrected chi connectivity index (χ3v) is 4.12. The van der Waals surface area contributed by atoms with E-state index in [0.29, 0.717) is 16.3 Å². The van der Waals surface area contributed by atoms with Crippen LogP contribution in [0.5, 0.6) is 5.75 Å². The summed E-state index contributed by atoms with van der Waals surface area (Å²) in [6.45, 7) is 1.86. The number of ether oxygens (including phenoxy) is 1. The van der Waals surface area contributed by atoms with E-state index in [2.05, 4.69) is 15.9 Å². The van der Waals surface area contributed by atoms with Crippen molar-refractivity contribution in [2.45, 2.75) is 11.8 Å². The van der Waals surface area contributed by atoms with E-state index in [9.17, 15) is 4.39 Å². The molecule has 1 nitrogen and oxygen atoms in total. The van der Waals surface area contributed by atoms with Gasteiger partial charge in [-0.05, 0) is 36.8 Å². The number of alkyl halides is 1. The van der Waals surface area contributed by atoms with Crippen molar-refractivity contribution in [1.82, 2.24) is 0 Å². The van der Waals surface area contributed by atoms with Gasteiger partial charge in [-0.25, -0.2) is 4.39 Å². The predicted molar refractivity (Wildman–Crippen MR) is 79.9 cm³/mol. The second-order valence-corrected chi connectivity index (χ2v) is 5.63. The lowest BCUT2D eigenvalue weighted by Gasteiger charge is -2.16. The Kier molecular flexibility index (Phi) is 4.48. The van der Waals surface area contributed by atoms with Crippen LogP contribution in [-0.2, 0) is 0 Å². The Hall–Kier alpha value is -1.06. The molecule has 0 saturated heterocycles. The summed E-state index contributed by atoms with van der Waals surface area (Å²) in [5.74, 6) is 0.426. The van der Waals surface area contributed by atoms with Crippen molar-refractivity contribution in [1.29, 1.82) is 0 Å². The molecule has 0 bridgehead atoms. The summed E-state index contributed by atoms with van der Waals surface area (Å²) in [6, 6.07) is 10.5. The van der Waals surface area contributed by atoms with Gasteiger partial charge < -0.3 is 4.74 Å². The van der Waals surface area contributed by atoms with E-state index in [-0.39, 0.29) is 10.6 Å². The standard InChI is InChI=1S/C15H13BrClFO/c1-9-3-5-11(13(18)7-9)15(16)12-8-10(17)4-6-14(12)19-2/h3-8,15H,1-2H3. The molecule has 2 aromatic carbocycles. The average molecular weight is 344 g/mol. The topological polar surface area (TPSA) is 9.23 Å². The van der Waals surface area contributed by atoms with E-state index < -0.39 is 0 Å². The van der Waals surface area contributed by atoms with Gasteiger partial charge in [0.1, 0.15) is 11.6 Å². The van der Waals surface area contributed by atoms with E-state index >= 15 is 0 Å². The molecule has 0 aromatic heterocycles. The number of hydrogen-bond donors (Lipinski definition) is 0. The highest BCUT2D eigenvalue weighted by molar-refractivity contribution is 9.09. The molecule has 0 spiro atoms. The van der Waals surface area contributed by atoms with Crippen molar-refractivity contribution in [3.05, 3.63) is 63.9 Å². The maximum absolute atomic E-state index is 14.0. The van der Waals surface area contributed by atoms with Crippen LogP contribution in [0.3, 0.4) is 0 Å². The molecule has 1 unspecified atom stereocenters. The zero-order valence-electron chi connectivity index (χ0n) is 10.6. The monoisotopic (exact) mass is 342 g/mol. The number of benzene rings is 2. The fraction of sp³-hybridized carbons (Fsp3) is 0.200. The molecule has 0 heterocycles. The Morgan fingerprint density at radius 1 is 1.16 bits per heavy atom. The van der Waals surface area contributed by atoms with E-state index in [1.165, 1.54) is 6.07 Å². The lowest BCUT2D eigenvalue weighted by atomic mass is 10.0. The van der Waals surface area contributed by atoms with Crippen molar-refractivity contribution >= 4 is 27.5 Å². The minimum Gasteiger partial charge on any atom is -0.496 e. The molecule has 0 aliphatic heterocycles. The zero-order chi connectivity index (χ0) is 14.0. The van der Waals surface area contributed by atoms with E-state index in [1.807, 2.05) is 13.0 Å². The van der Waals surface area contributed by atoms with Gasteiger partial charge in [-0.15, -0.1) is 0 Å². The Labute approximate surface area is 125 Å². The lowest BCUT2D eigenvalue weighted by Crippen LogP contribution is -2.00. The quantitative estimate of drug-likeness (QED) is 0.689. The van der Waals surface area contributed by atoms with Crippen LogP contribution in [-0.4, -0.2) is 7.11 Å². The van der Waals surface area contributed by atoms with Crippen LogP contribution in [0.4, 0.5) is 4.39 Å². The lowest BCUT2D eigenvalue weighted by molar-refractivity contribution is 0.410. The van der Waals surface area contributed by atoms with Crippen LogP contribution < -0.4 is 4.74 Å². The van der Waals surface area contributed by atoms with Gasteiger partial charge >= 0.3 is 0 Å². The number of halogens is 3. The zero-order valence-corrected chi connectivity index (χ0v) is 12.9. The highest BCUT2D eigenvalue weighted by Crippen LogP contribution is 2.39. The van der Waals surface area contributed by atoms with Gasteiger partial charge in [0.05, 0.1) is 11.9 Å². The normalized spacial score (nSPS) is 12.3. The molecule has 0 amide bonds. The first kappa shape index (κ1) is 14.4. The van der Waals surface area contributed by atoms with Crippen molar-refractivity contribution in [3.63, 3.8) is 0 Å². The fourth-order valence-corrected chi connectivity index (χ4v) is 2.82. The van der Waals surface area contributed by atoms with Crippen molar-refractivity contribution in [2.24, 2.45) is 0 Å². The molecule has 100 valence electrons. The van der Waals surface area contributed by atoms with Crippen LogP contribution in [0.25, 0.3) is 0 Å². The second kappa shape index (κ2) is 5.93. The van der Waals surface area contributed by atoms with E-state index in [4.69, 9.17) is 16.3 Å². The Morgan fingerprint density at radius 3 is 2.53 bits per heavy atom. The third-order valence-electron chi connectivity index (χ3n) is 2.89. The van der Waals surface area contributed by atoms with Crippen molar-refractivity contribution < 1.29 is 9.13 Å². The Morgan fingerprint density at radius 2 is 1.89 bits per heavy atom. The summed E-state index contributed by atoms with van der Waals surface area (Å²) >= 11 is 9.52. The second-order valence-electron chi connectivity index (χ2n) is 4.27. The molecule has 4 heteroatoms. The molecule has 2 aromatic rings. The first-order chi connectivity index (χ1) is 9.02. The summed E-state index contributed by atoms with van der Waals surface area (Å²) in [6.07, 6.45) is 0. The highest BCUT2D eigenvalue weighted by atomic mass is 79.9. The van der Waals surface area contributed by atoms with Crippen LogP contribution in [0.1, 0.15) is 21.5 Å². The minimum absolute atomic E-state index is 0.246. The summed E-state index contributed by atoms with van der Waals surface area (Å²) in [5.41, 5.74) is 2.25. The minimum atomic E-state index is -0.304. The molecule has 0 saturated carbocycles. The SMILES string of the molecule is COc1ccc(Cl)cc1C(Br)c1ccc(C)cc1F. The molecule has 2 rings (SSSR count). The molecule has 0 aliphatic carbocycles. The fourth-order valence-electron chi connectivity index (χ4n) is 1.91. The number of methoxy groups -OCH3 is 1. The van der Waals surface area contributed by atoms with Gasteiger partial charge in [-0.2, -0.15) is 0 Å². The van der Waals surface area contributed by atoms with Crippen molar-refractivity contribution in [2.75, 3.05) is 7.11 Å². The molecule has 19 heavy (non-hydrogen) atoms. The third kappa shape index (κ3) is 3.10. The summed E-state index contributed by atoms with van der Waals surface area (Å²) in [7, 11) is 1.58. The van der Waals surface area contributed by atoms with E-state index in [0.717, 1.165) is 11.1 Å². The first-order valence-corrected chi connectivity index (χ1v) is 7.06. The van der Waals surface area contributed by atoms with Gasteiger partial charge in [0.2, 0.25) is 0 Å².